The number of methoxy groups -OCH3 is 1. The second-order valence-electron chi connectivity index (χ2n) is 5.10. The SMILES string of the molecule is COc1cc(/C=C/C(=O)N2CCC=CC2=O)cc2c1OCCO2. The summed E-state index contributed by atoms with van der Waals surface area (Å²) in [5, 5.41) is 0. The van der Waals surface area contributed by atoms with Crippen LogP contribution in [0.2, 0.25) is 0 Å². The van der Waals surface area contributed by atoms with Crippen LogP contribution in [0.5, 0.6) is 17.2 Å². The van der Waals surface area contributed by atoms with E-state index in [1.54, 1.807) is 31.4 Å². The number of imide groups is 1. The fourth-order valence-corrected chi connectivity index (χ4v) is 2.45. The number of ether oxygens (including phenoxy) is 3. The van der Waals surface area contributed by atoms with Crippen molar-refractivity contribution in [2.45, 2.75) is 6.42 Å². The minimum Gasteiger partial charge on any atom is -0.493 e. The molecule has 0 aliphatic carbocycles. The maximum Gasteiger partial charge on any atom is 0.253 e. The molecule has 23 heavy (non-hydrogen) atoms. The molecule has 0 saturated heterocycles. The van der Waals surface area contributed by atoms with Gasteiger partial charge in [0, 0.05) is 12.6 Å². The largest absolute Gasteiger partial charge is 0.493 e. The number of hydrogen-bond acceptors (Lipinski definition) is 5. The Kier molecular flexibility index (Phi) is 4.32. The third-order valence-corrected chi connectivity index (χ3v) is 3.58. The van der Waals surface area contributed by atoms with Gasteiger partial charge >= 0.3 is 0 Å². The first-order valence-corrected chi connectivity index (χ1v) is 7.37. The molecule has 6 nitrogen and oxygen atoms in total. The van der Waals surface area contributed by atoms with Gasteiger partial charge in [-0.05, 0) is 36.3 Å². The molecule has 120 valence electrons. The highest BCUT2D eigenvalue weighted by molar-refractivity contribution is 6.06. The Morgan fingerprint density at radius 3 is 2.91 bits per heavy atom. The third-order valence-electron chi connectivity index (χ3n) is 3.58. The summed E-state index contributed by atoms with van der Waals surface area (Å²) in [5.74, 6) is 1.07. The molecule has 2 heterocycles. The molecule has 2 aliphatic rings. The predicted molar refractivity (Wildman–Crippen MR) is 83.5 cm³/mol. The first kappa shape index (κ1) is 15.1. The number of carbonyl (C=O) groups excluding carboxylic acids is 2. The molecule has 0 radical (unpaired) electrons. The minimum absolute atomic E-state index is 0.286. The van der Waals surface area contributed by atoms with E-state index in [1.165, 1.54) is 17.1 Å². The van der Waals surface area contributed by atoms with Crippen molar-refractivity contribution in [3.8, 4) is 17.2 Å². The summed E-state index contributed by atoms with van der Waals surface area (Å²) >= 11 is 0. The van der Waals surface area contributed by atoms with Crippen LogP contribution in [-0.2, 0) is 9.59 Å². The molecule has 1 aromatic rings. The third kappa shape index (κ3) is 3.21. The average molecular weight is 315 g/mol. The van der Waals surface area contributed by atoms with Crippen LogP contribution in [-0.4, -0.2) is 43.6 Å². The van der Waals surface area contributed by atoms with Crippen molar-refractivity contribution in [2.75, 3.05) is 26.9 Å². The molecule has 0 unspecified atom stereocenters. The highest BCUT2D eigenvalue weighted by Gasteiger charge is 2.20. The lowest BCUT2D eigenvalue weighted by Gasteiger charge is -2.21. The van der Waals surface area contributed by atoms with Crippen molar-refractivity contribution >= 4 is 17.9 Å². The van der Waals surface area contributed by atoms with Crippen molar-refractivity contribution < 1.29 is 23.8 Å². The molecule has 0 aromatic heterocycles. The Morgan fingerprint density at radius 2 is 2.13 bits per heavy atom. The summed E-state index contributed by atoms with van der Waals surface area (Å²) in [6.45, 7) is 1.35. The van der Waals surface area contributed by atoms with Gasteiger partial charge in [-0.3, -0.25) is 14.5 Å². The summed E-state index contributed by atoms with van der Waals surface area (Å²) in [7, 11) is 1.55. The molecule has 3 rings (SSSR count). The molecule has 0 atom stereocenters. The van der Waals surface area contributed by atoms with Gasteiger partial charge in [0.15, 0.2) is 11.5 Å². The van der Waals surface area contributed by atoms with E-state index in [1.807, 2.05) is 0 Å². The smallest absolute Gasteiger partial charge is 0.253 e. The van der Waals surface area contributed by atoms with Crippen molar-refractivity contribution in [3.63, 3.8) is 0 Å². The maximum absolute atomic E-state index is 12.1. The van der Waals surface area contributed by atoms with Gasteiger partial charge in [-0.2, -0.15) is 0 Å². The van der Waals surface area contributed by atoms with Crippen LogP contribution in [0.1, 0.15) is 12.0 Å². The first-order chi connectivity index (χ1) is 11.2. The molecule has 0 saturated carbocycles. The van der Waals surface area contributed by atoms with Gasteiger partial charge in [-0.15, -0.1) is 0 Å². The summed E-state index contributed by atoms with van der Waals surface area (Å²) in [6.07, 6.45) is 6.88. The normalized spacial score (nSPS) is 16.7. The van der Waals surface area contributed by atoms with Crippen LogP contribution in [0.15, 0.2) is 30.4 Å². The van der Waals surface area contributed by atoms with Crippen LogP contribution in [0.3, 0.4) is 0 Å². The molecule has 0 fully saturated rings. The van der Waals surface area contributed by atoms with Crippen LogP contribution in [0.25, 0.3) is 6.08 Å². The molecular formula is C17H17NO5. The Hall–Kier alpha value is -2.76. The number of rotatable bonds is 3. The van der Waals surface area contributed by atoms with Crippen molar-refractivity contribution in [3.05, 3.63) is 35.9 Å². The number of hydrogen-bond donors (Lipinski definition) is 0. The fraction of sp³-hybridized carbons (Fsp3) is 0.294. The molecule has 0 N–H and O–H groups in total. The van der Waals surface area contributed by atoms with Gasteiger partial charge in [0.05, 0.1) is 7.11 Å². The van der Waals surface area contributed by atoms with E-state index in [2.05, 4.69) is 0 Å². The molecule has 2 amide bonds. The Labute approximate surface area is 133 Å². The van der Waals surface area contributed by atoms with E-state index >= 15 is 0 Å². The van der Waals surface area contributed by atoms with Crippen LogP contribution in [0.4, 0.5) is 0 Å². The molecule has 1 aromatic carbocycles. The number of carbonyl (C=O) groups is 2. The quantitative estimate of drug-likeness (QED) is 0.796. The van der Waals surface area contributed by atoms with E-state index in [0.717, 1.165) is 5.56 Å². The molecule has 2 aliphatic heterocycles. The Balaban J connectivity index is 1.80. The molecule has 0 spiro atoms. The second kappa shape index (κ2) is 6.56. The summed E-state index contributed by atoms with van der Waals surface area (Å²) in [4.78, 5) is 25.0. The highest BCUT2D eigenvalue weighted by Crippen LogP contribution is 2.40. The summed E-state index contributed by atoms with van der Waals surface area (Å²) in [6, 6.07) is 3.54. The lowest BCUT2D eigenvalue weighted by Crippen LogP contribution is -2.37. The van der Waals surface area contributed by atoms with E-state index in [-0.39, 0.29) is 11.8 Å². The van der Waals surface area contributed by atoms with Gasteiger partial charge in [0.25, 0.3) is 11.8 Å². The molecular weight excluding hydrogens is 298 g/mol. The lowest BCUT2D eigenvalue weighted by molar-refractivity contribution is -0.139. The minimum atomic E-state index is -0.340. The monoisotopic (exact) mass is 315 g/mol. The maximum atomic E-state index is 12.1. The van der Waals surface area contributed by atoms with Crippen molar-refractivity contribution in [1.29, 1.82) is 0 Å². The number of benzene rings is 1. The van der Waals surface area contributed by atoms with Gasteiger partial charge in [-0.1, -0.05) is 6.08 Å². The fourth-order valence-electron chi connectivity index (χ4n) is 2.45. The molecule has 0 bridgehead atoms. The standard InChI is InChI=1S/C17H17NO5/c1-21-13-10-12(11-14-17(13)23-9-8-22-14)5-6-16(20)18-7-3-2-4-15(18)19/h2,4-6,10-11H,3,7-9H2,1H3/b6-5+. The van der Waals surface area contributed by atoms with Gasteiger partial charge in [-0.25, -0.2) is 0 Å². The van der Waals surface area contributed by atoms with Gasteiger partial charge in [0.1, 0.15) is 13.2 Å². The van der Waals surface area contributed by atoms with E-state index < -0.39 is 0 Å². The average Bonchev–Trinajstić information content (AvgIpc) is 2.59. The zero-order chi connectivity index (χ0) is 16.2. The second-order valence-corrected chi connectivity index (χ2v) is 5.10. The topological polar surface area (TPSA) is 65.1 Å². The van der Waals surface area contributed by atoms with Crippen molar-refractivity contribution in [1.82, 2.24) is 4.90 Å². The highest BCUT2D eigenvalue weighted by atomic mass is 16.6. The number of fused-ring (bicyclic) bond motifs is 1. The Morgan fingerprint density at radius 1 is 1.30 bits per heavy atom. The molecule has 6 heteroatoms. The zero-order valence-corrected chi connectivity index (χ0v) is 12.8. The zero-order valence-electron chi connectivity index (χ0n) is 12.8. The lowest BCUT2D eigenvalue weighted by atomic mass is 10.1. The van der Waals surface area contributed by atoms with E-state index in [0.29, 0.717) is 43.4 Å². The first-order valence-electron chi connectivity index (χ1n) is 7.37. The summed E-state index contributed by atoms with van der Waals surface area (Å²) < 4.78 is 16.4. The van der Waals surface area contributed by atoms with Gasteiger partial charge < -0.3 is 14.2 Å². The van der Waals surface area contributed by atoms with E-state index in [9.17, 15) is 9.59 Å². The predicted octanol–water partition coefficient (Wildman–Crippen LogP) is 1.79. The number of nitrogens with zero attached hydrogens (tertiary/aromatic N) is 1. The van der Waals surface area contributed by atoms with Crippen molar-refractivity contribution in [2.24, 2.45) is 0 Å². The van der Waals surface area contributed by atoms with Crippen LogP contribution in [0, 0.1) is 0 Å². The Bertz CT molecular complexity index is 675. The van der Waals surface area contributed by atoms with Crippen LogP contribution >= 0.6 is 0 Å². The summed E-state index contributed by atoms with van der Waals surface area (Å²) in [5.41, 5.74) is 0.736. The van der Waals surface area contributed by atoms with E-state index in [4.69, 9.17) is 14.2 Å². The number of amides is 2. The van der Waals surface area contributed by atoms with Crippen LogP contribution < -0.4 is 14.2 Å². The van der Waals surface area contributed by atoms with Gasteiger partial charge in [0.2, 0.25) is 5.75 Å².